The quantitative estimate of drug-likeness (QED) is 0.528. The first-order valence-corrected chi connectivity index (χ1v) is 12.1. The van der Waals surface area contributed by atoms with E-state index in [1.807, 2.05) is 0 Å². The van der Waals surface area contributed by atoms with E-state index >= 15 is 0 Å². The van der Waals surface area contributed by atoms with Gasteiger partial charge in [0.2, 0.25) is 5.88 Å². The van der Waals surface area contributed by atoms with Crippen LogP contribution in [0.4, 0.5) is 18.9 Å². The van der Waals surface area contributed by atoms with E-state index in [1.54, 1.807) is 6.07 Å². The summed E-state index contributed by atoms with van der Waals surface area (Å²) < 4.78 is 68.8. The molecule has 9 nitrogen and oxygen atoms in total. The number of ether oxygens (including phenoxy) is 1. The Balaban J connectivity index is 1.65. The molecule has 0 bridgehead atoms. The van der Waals surface area contributed by atoms with Gasteiger partial charge in [0, 0.05) is 18.5 Å². The van der Waals surface area contributed by atoms with Crippen LogP contribution in [-0.2, 0) is 41.3 Å². The van der Waals surface area contributed by atoms with Crippen molar-refractivity contribution in [2.45, 2.75) is 61.7 Å². The Bertz CT molecular complexity index is 1290. The molecule has 5 rings (SSSR count). The number of aliphatic hydroxyl groups is 1. The van der Waals surface area contributed by atoms with Gasteiger partial charge in [0.25, 0.3) is 5.91 Å². The molecular weight excluding hydrogens is 463 g/mol. The molecule has 1 amide bonds. The number of rotatable bonds is 3. The number of aryl methyl sites for hydroxylation is 3. The highest BCUT2D eigenvalue weighted by atomic mass is 32.2. The van der Waals surface area contributed by atoms with Crippen LogP contribution in [0.15, 0.2) is 11.0 Å². The van der Waals surface area contributed by atoms with Crippen molar-refractivity contribution in [2.75, 3.05) is 11.9 Å². The summed E-state index contributed by atoms with van der Waals surface area (Å²) in [5.41, 5.74) is -2.29. The molecule has 0 saturated heterocycles. The minimum Gasteiger partial charge on any atom is -0.477 e. The van der Waals surface area contributed by atoms with Crippen molar-refractivity contribution in [3.05, 3.63) is 34.0 Å². The summed E-state index contributed by atoms with van der Waals surface area (Å²) in [5.74, 6) is -1.01. The van der Waals surface area contributed by atoms with Crippen molar-refractivity contribution >= 4 is 21.5 Å². The number of carbonyl (C=O) groups excluding carboxylic acids is 1. The highest BCUT2D eigenvalue weighted by Gasteiger charge is 2.59. The van der Waals surface area contributed by atoms with Crippen LogP contribution in [0.5, 0.6) is 5.88 Å². The topological polar surface area (TPSA) is 143 Å². The van der Waals surface area contributed by atoms with E-state index in [9.17, 15) is 27.3 Å². The maximum Gasteiger partial charge on any atom is 0.421 e. The van der Waals surface area contributed by atoms with Gasteiger partial charge in [-0.3, -0.25) is 4.79 Å². The minimum atomic E-state index is -4.94. The molecule has 0 saturated carbocycles. The van der Waals surface area contributed by atoms with Gasteiger partial charge in [0.05, 0.1) is 12.3 Å². The van der Waals surface area contributed by atoms with Crippen LogP contribution in [0.3, 0.4) is 0 Å². The molecule has 2 aromatic rings. The molecule has 1 aliphatic heterocycles. The lowest BCUT2D eigenvalue weighted by atomic mass is 9.90. The van der Waals surface area contributed by atoms with Gasteiger partial charge >= 0.3 is 6.18 Å². The average Bonchev–Trinajstić information content (AvgIpc) is 3.42. The summed E-state index contributed by atoms with van der Waals surface area (Å²) in [6, 6.07) is 1.68. The van der Waals surface area contributed by atoms with Gasteiger partial charge in [-0.05, 0) is 48.8 Å². The Kier molecular flexibility index (Phi) is 4.82. The normalized spacial score (nSPS) is 23.3. The predicted molar refractivity (Wildman–Crippen MR) is 110 cm³/mol. The van der Waals surface area contributed by atoms with Gasteiger partial charge in [0.15, 0.2) is 16.2 Å². The van der Waals surface area contributed by atoms with E-state index in [-0.39, 0.29) is 30.2 Å². The smallest absolute Gasteiger partial charge is 0.421 e. The lowest BCUT2D eigenvalue weighted by Crippen LogP contribution is -2.41. The number of fused-ring (bicyclic) bond motifs is 3. The van der Waals surface area contributed by atoms with Crippen LogP contribution in [0.25, 0.3) is 0 Å². The van der Waals surface area contributed by atoms with Crippen LogP contribution in [0.1, 0.15) is 52.0 Å². The second-order valence-corrected chi connectivity index (χ2v) is 10.2. The number of alkyl halides is 3. The van der Waals surface area contributed by atoms with Crippen molar-refractivity contribution in [2.24, 2.45) is 5.14 Å². The van der Waals surface area contributed by atoms with Crippen molar-refractivity contribution in [3.8, 4) is 5.88 Å². The monoisotopic (exact) mass is 485 g/mol. The predicted octanol–water partition coefficient (Wildman–Crippen LogP) is 2.38. The summed E-state index contributed by atoms with van der Waals surface area (Å²) in [5, 5.41) is 22.8. The first-order valence-electron chi connectivity index (χ1n) is 10.5. The largest absolute Gasteiger partial charge is 0.477 e. The maximum absolute atomic E-state index is 13.9. The molecule has 5 N–H and O–H groups in total. The molecule has 2 atom stereocenters. The van der Waals surface area contributed by atoms with E-state index in [1.165, 1.54) is 4.68 Å². The standard InChI is InChI=1S/C20H22F3N5O4S/c21-20(22,23)19(30)6-5-11-9-10-3-1-4-12(10)14(13(11)19)26-17(29)15-16(33(24,25)31)18-28(27-15)7-2-8-32-18/h9,30H,1-8H2,(H,26,29)(H3,24,25,31)/t19-/m1/s1. The van der Waals surface area contributed by atoms with Crippen LogP contribution in [0, 0.1) is 4.78 Å². The van der Waals surface area contributed by atoms with E-state index < -0.39 is 44.6 Å². The average molecular weight is 485 g/mol. The van der Waals surface area contributed by atoms with Crippen LogP contribution in [0.2, 0.25) is 0 Å². The summed E-state index contributed by atoms with van der Waals surface area (Å²) in [4.78, 5) is 12.9. The van der Waals surface area contributed by atoms with Crippen molar-refractivity contribution in [1.82, 2.24) is 9.78 Å². The summed E-state index contributed by atoms with van der Waals surface area (Å²) in [7, 11) is -3.94. The number of nitrogens with two attached hydrogens (primary N) is 1. The second-order valence-electron chi connectivity index (χ2n) is 8.60. The summed E-state index contributed by atoms with van der Waals surface area (Å²) in [6.07, 6.45) is -3.11. The first-order chi connectivity index (χ1) is 15.4. The molecule has 0 radical (unpaired) electrons. The molecule has 178 valence electrons. The van der Waals surface area contributed by atoms with E-state index in [0.29, 0.717) is 43.4 Å². The molecule has 2 heterocycles. The molecule has 33 heavy (non-hydrogen) atoms. The van der Waals surface area contributed by atoms with Crippen LogP contribution < -0.4 is 15.2 Å². The Hall–Kier alpha value is -2.64. The van der Waals surface area contributed by atoms with Gasteiger partial charge in [0.1, 0.15) is 9.92 Å². The third kappa shape index (κ3) is 3.32. The number of amides is 1. The maximum atomic E-state index is 13.9. The van der Waals surface area contributed by atoms with Gasteiger partial charge in [-0.2, -0.15) is 18.3 Å². The fourth-order valence-corrected chi connectivity index (χ4v) is 5.88. The lowest BCUT2D eigenvalue weighted by molar-refractivity contribution is -0.265. The number of aromatic nitrogens is 2. The highest BCUT2D eigenvalue weighted by molar-refractivity contribution is 7.90. The third-order valence-corrected chi connectivity index (χ3v) is 7.47. The van der Waals surface area contributed by atoms with Crippen molar-refractivity contribution in [3.63, 3.8) is 0 Å². The Labute approximate surface area is 187 Å². The number of carbonyl (C=O) groups is 1. The highest BCUT2D eigenvalue weighted by Crippen LogP contribution is 2.53. The zero-order valence-corrected chi connectivity index (χ0v) is 18.2. The van der Waals surface area contributed by atoms with E-state index in [0.717, 1.165) is 5.56 Å². The number of hydrogen-bond donors (Lipinski definition) is 4. The molecule has 13 heteroatoms. The fourth-order valence-electron chi connectivity index (χ4n) is 5.04. The Morgan fingerprint density at radius 3 is 2.76 bits per heavy atom. The third-order valence-electron chi connectivity index (χ3n) is 6.49. The number of halogens is 3. The van der Waals surface area contributed by atoms with Crippen molar-refractivity contribution < 1.29 is 32.0 Å². The number of anilines is 1. The molecule has 2 aliphatic carbocycles. The molecule has 0 spiro atoms. The summed E-state index contributed by atoms with van der Waals surface area (Å²) in [6.45, 7) is 0.600. The SMILES string of the molecule is N=S(N)(=O)c1c(C(=O)Nc2c3c(cc4c2[C@@](O)(C(F)(F)F)CC4)CCC3)nn2c1OCCC2. The number of nitrogens with one attached hydrogen (secondary N) is 2. The Morgan fingerprint density at radius 2 is 2.06 bits per heavy atom. The molecule has 1 aromatic heterocycles. The fraction of sp³-hybridized carbons (Fsp3) is 0.500. The van der Waals surface area contributed by atoms with Gasteiger partial charge < -0.3 is 15.2 Å². The molecule has 1 aromatic carbocycles. The van der Waals surface area contributed by atoms with Crippen molar-refractivity contribution in [1.29, 1.82) is 4.78 Å². The minimum absolute atomic E-state index is 0.0166. The zero-order chi connectivity index (χ0) is 23.8. The van der Waals surface area contributed by atoms with Gasteiger partial charge in [-0.1, -0.05) is 6.07 Å². The van der Waals surface area contributed by atoms with Gasteiger partial charge in [-0.25, -0.2) is 18.8 Å². The number of hydrogen-bond acceptors (Lipinski definition) is 6. The molecule has 1 unspecified atom stereocenters. The second kappa shape index (κ2) is 7.18. The summed E-state index contributed by atoms with van der Waals surface area (Å²) >= 11 is 0. The van der Waals surface area contributed by atoms with Gasteiger partial charge in [-0.15, -0.1) is 0 Å². The first kappa shape index (κ1) is 22.2. The van der Waals surface area contributed by atoms with Crippen LogP contribution >= 0.6 is 0 Å². The zero-order valence-electron chi connectivity index (χ0n) is 17.4. The molecular formula is C20H22F3N5O4S. The molecule has 3 aliphatic rings. The number of nitrogens with zero attached hydrogens (tertiary/aromatic N) is 2. The van der Waals surface area contributed by atoms with E-state index in [2.05, 4.69) is 10.4 Å². The van der Waals surface area contributed by atoms with Crippen LogP contribution in [-0.4, -0.2) is 37.8 Å². The molecule has 0 fully saturated rings. The lowest BCUT2D eigenvalue weighted by Gasteiger charge is -2.30. The van der Waals surface area contributed by atoms with E-state index in [4.69, 9.17) is 14.7 Å². The Morgan fingerprint density at radius 1 is 1.30 bits per heavy atom. The number of benzene rings is 1.